The lowest BCUT2D eigenvalue weighted by molar-refractivity contribution is 0.0587. The third kappa shape index (κ3) is 3.54. The molecule has 0 spiro atoms. The highest BCUT2D eigenvalue weighted by Gasteiger charge is 2.35. The monoisotopic (exact) mass is 275 g/mol. The molecule has 1 aromatic rings. The van der Waals surface area contributed by atoms with Crippen LogP contribution in [-0.2, 0) is 0 Å². The predicted molar refractivity (Wildman–Crippen MR) is 85.1 cm³/mol. The van der Waals surface area contributed by atoms with Crippen molar-refractivity contribution < 1.29 is 4.74 Å². The summed E-state index contributed by atoms with van der Waals surface area (Å²) < 4.78 is 6.25. The van der Waals surface area contributed by atoms with Gasteiger partial charge in [-0.15, -0.1) is 0 Å². The highest BCUT2D eigenvalue weighted by atomic mass is 16.5. The summed E-state index contributed by atoms with van der Waals surface area (Å²) in [6.07, 6.45) is 3.50. The van der Waals surface area contributed by atoms with Gasteiger partial charge in [-0.25, -0.2) is 0 Å². The quantitative estimate of drug-likeness (QED) is 0.877. The molecule has 20 heavy (non-hydrogen) atoms. The van der Waals surface area contributed by atoms with Crippen molar-refractivity contribution in [2.75, 3.05) is 0 Å². The van der Waals surface area contributed by atoms with E-state index < -0.39 is 0 Å². The largest absolute Gasteiger partial charge is 0.489 e. The first kappa shape index (κ1) is 15.4. The summed E-state index contributed by atoms with van der Waals surface area (Å²) >= 11 is 0. The number of hydrogen-bond donors (Lipinski definition) is 1. The number of nitrogens with two attached hydrogens (primary N) is 1. The van der Waals surface area contributed by atoms with Crippen molar-refractivity contribution >= 4 is 0 Å². The number of rotatable bonds is 2. The van der Waals surface area contributed by atoms with Crippen molar-refractivity contribution in [1.29, 1.82) is 0 Å². The SMILES string of the molecule is Cc1ccc(OC2CC(C(C)(C)C)CCC2N)c(C)c1. The molecular formula is C18H29NO. The Balaban J connectivity index is 2.10. The Labute approximate surface area is 123 Å². The van der Waals surface area contributed by atoms with Crippen LogP contribution in [0.4, 0.5) is 0 Å². The molecule has 1 aliphatic rings. The summed E-state index contributed by atoms with van der Waals surface area (Å²) in [7, 11) is 0. The first-order chi connectivity index (χ1) is 9.27. The fourth-order valence-corrected chi connectivity index (χ4v) is 3.17. The smallest absolute Gasteiger partial charge is 0.122 e. The van der Waals surface area contributed by atoms with Gasteiger partial charge in [-0.1, -0.05) is 38.5 Å². The lowest BCUT2D eigenvalue weighted by Crippen LogP contribution is -2.46. The molecule has 2 nitrogen and oxygen atoms in total. The highest BCUT2D eigenvalue weighted by molar-refractivity contribution is 5.35. The van der Waals surface area contributed by atoms with Crippen LogP contribution in [-0.4, -0.2) is 12.1 Å². The topological polar surface area (TPSA) is 35.2 Å². The van der Waals surface area contributed by atoms with Crippen molar-refractivity contribution in [3.63, 3.8) is 0 Å². The summed E-state index contributed by atoms with van der Waals surface area (Å²) in [6, 6.07) is 6.52. The second-order valence-corrected chi connectivity index (χ2v) is 7.47. The molecule has 0 aromatic heterocycles. The molecule has 2 heteroatoms. The zero-order valence-electron chi connectivity index (χ0n) is 13.6. The summed E-state index contributed by atoms with van der Waals surface area (Å²) in [6.45, 7) is 11.2. The van der Waals surface area contributed by atoms with Gasteiger partial charge < -0.3 is 10.5 Å². The minimum atomic E-state index is 0.148. The third-order valence-corrected chi connectivity index (χ3v) is 4.68. The maximum atomic E-state index is 6.29. The van der Waals surface area contributed by atoms with Crippen molar-refractivity contribution in [2.24, 2.45) is 17.1 Å². The van der Waals surface area contributed by atoms with Gasteiger partial charge in [0, 0.05) is 6.04 Å². The van der Waals surface area contributed by atoms with Gasteiger partial charge in [-0.3, -0.25) is 0 Å². The molecule has 3 atom stereocenters. The van der Waals surface area contributed by atoms with Crippen LogP contribution in [0.15, 0.2) is 18.2 Å². The van der Waals surface area contributed by atoms with E-state index in [4.69, 9.17) is 10.5 Å². The van der Waals surface area contributed by atoms with Crippen LogP contribution in [0.1, 0.15) is 51.2 Å². The van der Waals surface area contributed by atoms with Gasteiger partial charge in [0.1, 0.15) is 11.9 Å². The van der Waals surface area contributed by atoms with Gasteiger partial charge in [0.2, 0.25) is 0 Å². The van der Waals surface area contributed by atoms with E-state index in [2.05, 4.69) is 52.8 Å². The molecule has 2 N–H and O–H groups in total. The van der Waals surface area contributed by atoms with Crippen molar-refractivity contribution in [3.8, 4) is 5.75 Å². The maximum absolute atomic E-state index is 6.29. The third-order valence-electron chi connectivity index (χ3n) is 4.68. The zero-order chi connectivity index (χ0) is 14.9. The number of ether oxygens (including phenoxy) is 1. The molecule has 1 saturated carbocycles. The molecule has 2 rings (SSSR count). The Morgan fingerprint density at radius 2 is 1.85 bits per heavy atom. The minimum Gasteiger partial charge on any atom is -0.489 e. The first-order valence-corrected chi connectivity index (χ1v) is 7.77. The van der Waals surface area contributed by atoms with E-state index in [1.807, 2.05) is 0 Å². The van der Waals surface area contributed by atoms with E-state index in [0.29, 0.717) is 11.3 Å². The maximum Gasteiger partial charge on any atom is 0.122 e. The number of aryl methyl sites for hydroxylation is 2. The van der Waals surface area contributed by atoms with Crippen LogP contribution < -0.4 is 10.5 Å². The molecule has 3 unspecified atom stereocenters. The number of hydrogen-bond acceptors (Lipinski definition) is 2. The van der Waals surface area contributed by atoms with Crippen LogP contribution in [0, 0.1) is 25.2 Å². The zero-order valence-corrected chi connectivity index (χ0v) is 13.6. The van der Waals surface area contributed by atoms with E-state index in [1.54, 1.807) is 0 Å². The van der Waals surface area contributed by atoms with Gasteiger partial charge in [0.05, 0.1) is 0 Å². The highest BCUT2D eigenvalue weighted by Crippen LogP contribution is 2.39. The van der Waals surface area contributed by atoms with Crippen LogP contribution in [0.5, 0.6) is 5.75 Å². The molecule has 0 radical (unpaired) electrons. The molecule has 0 bridgehead atoms. The van der Waals surface area contributed by atoms with E-state index in [0.717, 1.165) is 18.6 Å². The lowest BCUT2D eigenvalue weighted by atomic mass is 9.70. The van der Waals surface area contributed by atoms with Gasteiger partial charge >= 0.3 is 0 Å². The Morgan fingerprint density at radius 3 is 2.45 bits per heavy atom. The second-order valence-electron chi connectivity index (χ2n) is 7.47. The average molecular weight is 275 g/mol. The molecular weight excluding hydrogens is 246 g/mol. The Bertz CT molecular complexity index is 461. The number of benzene rings is 1. The van der Waals surface area contributed by atoms with Crippen LogP contribution in [0.25, 0.3) is 0 Å². The fraction of sp³-hybridized carbons (Fsp3) is 0.667. The Morgan fingerprint density at radius 1 is 1.15 bits per heavy atom. The minimum absolute atomic E-state index is 0.148. The van der Waals surface area contributed by atoms with Crippen molar-refractivity contribution in [1.82, 2.24) is 0 Å². The van der Waals surface area contributed by atoms with Gasteiger partial charge in [-0.2, -0.15) is 0 Å². The molecule has 0 amide bonds. The summed E-state index contributed by atoms with van der Waals surface area (Å²) in [5.74, 6) is 1.68. The van der Waals surface area contributed by atoms with E-state index >= 15 is 0 Å². The summed E-state index contributed by atoms with van der Waals surface area (Å²) in [5.41, 5.74) is 9.10. The van der Waals surface area contributed by atoms with Crippen molar-refractivity contribution in [2.45, 2.75) is 66.0 Å². The lowest BCUT2D eigenvalue weighted by Gasteiger charge is -2.40. The molecule has 0 heterocycles. The summed E-state index contributed by atoms with van der Waals surface area (Å²) in [4.78, 5) is 0. The van der Waals surface area contributed by atoms with Gasteiger partial charge in [0.15, 0.2) is 0 Å². The van der Waals surface area contributed by atoms with E-state index in [9.17, 15) is 0 Å². The Kier molecular flexibility index (Phi) is 4.43. The van der Waals surface area contributed by atoms with Crippen molar-refractivity contribution in [3.05, 3.63) is 29.3 Å². The molecule has 1 aliphatic carbocycles. The van der Waals surface area contributed by atoms with Gasteiger partial charge in [-0.05, 0) is 56.1 Å². The fourth-order valence-electron chi connectivity index (χ4n) is 3.17. The molecule has 0 aliphatic heterocycles. The van der Waals surface area contributed by atoms with E-state index in [1.165, 1.54) is 17.5 Å². The first-order valence-electron chi connectivity index (χ1n) is 7.77. The van der Waals surface area contributed by atoms with Crippen LogP contribution >= 0.6 is 0 Å². The van der Waals surface area contributed by atoms with Gasteiger partial charge in [0.25, 0.3) is 0 Å². The standard InChI is InChI=1S/C18H29NO/c1-12-6-9-16(13(2)10-12)20-17-11-14(18(3,4)5)7-8-15(17)19/h6,9-10,14-15,17H,7-8,11,19H2,1-5H3. The Hall–Kier alpha value is -1.02. The molecule has 1 aromatic carbocycles. The molecule has 112 valence electrons. The predicted octanol–water partition coefficient (Wildman–Crippen LogP) is 4.22. The summed E-state index contributed by atoms with van der Waals surface area (Å²) in [5, 5.41) is 0. The second kappa shape index (κ2) is 5.77. The molecule has 1 fully saturated rings. The average Bonchev–Trinajstić information content (AvgIpc) is 2.33. The van der Waals surface area contributed by atoms with Crippen LogP contribution in [0.2, 0.25) is 0 Å². The van der Waals surface area contributed by atoms with Crippen LogP contribution in [0.3, 0.4) is 0 Å². The normalized spacial score (nSPS) is 27.4. The van der Waals surface area contributed by atoms with E-state index in [-0.39, 0.29) is 12.1 Å². The molecule has 0 saturated heterocycles.